The molecular formula is C21H15ClN6O. The molecule has 3 heterocycles. The molecule has 2 aromatic carbocycles. The molecule has 5 rings (SSSR count). The van der Waals surface area contributed by atoms with E-state index in [9.17, 15) is 0 Å². The number of fused-ring (bicyclic) bond motifs is 1. The van der Waals surface area contributed by atoms with Crippen LogP contribution in [0.1, 0.15) is 0 Å². The third-order valence-electron chi connectivity index (χ3n) is 4.59. The van der Waals surface area contributed by atoms with Gasteiger partial charge < -0.3 is 10.2 Å². The second-order valence-electron chi connectivity index (χ2n) is 6.55. The lowest BCUT2D eigenvalue weighted by atomic mass is 10.1. The quantitative estimate of drug-likeness (QED) is 0.474. The minimum atomic E-state index is 0.326. The van der Waals surface area contributed by atoms with Gasteiger partial charge in [0.15, 0.2) is 17.8 Å². The lowest BCUT2D eigenvalue weighted by molar-refractivity contribution is 0.602. The Bertz CT molecular complexity index is 1340. The maximum Gasteiger partial charge on any atom is 0.182 e. The standard InChI is InChI=1S/C21H15ClN6O/c1-28-8-7-15(27-28)20-17(13-9-14(22)19-16(10-13)29-11-24-19)25-18(21(23)26-20)12-5-3-2-4-6-12/h2-11H,1H3,(H2,23,26). The number of aryl methyl sites for hydroxylation is 1. The normalized spacial score (nSPS) is 11.2. The van der Waals surface area contributed by atoms with Crippen LogP contribution in [0.3, 0.4) is 0 Å². The molecule has 0 atom stereocenters. The summed E-state index contributed by atoms with van der Waals surface area (Å²) in [5.41, 5.74) is 11.5. The van der Waals surface area contributed by atoms with Crippen molar-refractivity contribution in [3.8, 4) is 33.9 Å². The molecule has 29 heavy (non-hydrogen) atoms. The van der Waals surface area contributed by atoms with Crippen molar-refractivity contribution in [2.24, 2.45) is 7.05 Å². The zero-order valence-corrected chi connectivity index (χ0v) is 16.1. The number of hydrogen-bond donors (Lipinski definition) is 1. The third-order valence-corrected chi connectivity index (χ3v) is 4.88. The molecule has 0 aliphatic rings. The maximum atomic E-state index is 6.43. The van der Waals surface area contributed by atoms with Gasteiger partial charge in [0.05, 0.1) is 10.7 Å². The fourth-order valence-corrected chi connectivity index (χ4v) is 3.50. The molecule has 0 amide bonds. The Kier molecular flexibility index (Phi) is 4.03. The molecule has 0 fully saturated rings. The Balaban J connectivity index is 1.80. The van der Waals surface area contributed by atoms with E-state index in [0.717, 1.165) is 11.1 Å². The van der Waals surface area contributed by atoms with Gasteiger partial charge in [-0.05, 0) is 18.2 Å². The first-order valence-corrected chi connectivity index (χ1v) is 9.24. The van der Waals surface area contributed by atoms with Crippen molar-refractivity contribution in [2.45, 2.75) is 0 Å². The van der Waals surface area contributed by atoms with Gasteiger partial charge in [-0.25, -0.2) is 15.0 Å². The number of nitrogens with two attached hydrogens (primary N) is 1. The van der Waals surface area contributed by atoms with E-state index in [-0.39, 0.29) is 0 Å². The molecule has 7 nitrogen and oxygen atoms in total. The van der Waals surface area contributed by atoms with Crippen molar-refractivity contribution in [1.29, 1.82) is 0 Å². The largest absolute Gasteiger partial charge is 0.443 e. The summed E-state index contributed by atoms with van der Waals surface area (Å²) in [7, 11) is 1.84. The van der Waals surface area contributed by atoms with E-state index < -0.39 is 0 Å². The highest BCUT2D eigenvalue weighted by molar-refractivity contribution is 6.35. The summed E-state index contributed by atoms with van der Waals surface area (Å²) in [5, 5.41) is 4.95. The molecule has 0 aliphatic carbocycles. The number of hydrogen-bond acceptors (Lipinski definition) is 6. The Morgan fingerprint density at radius 1 is 0.966 bits per heavy atom. The van der Waals surface area contributed by atoms with Crippen molar-refractivity contribution >= 4 is 28.5 Å². The fraction of sp³-hybridized carbons (Fsp3) is 0.0476. The van der Waals surface area contributed by atoms with Crippen LogP contribution in [0.5, 0.6) is 0 Å². The summed E-state index contributed by atoms with van der Waals surface area (Å²) in [6, 6.07) is 15.2. The Labute approximate surface area is 170 Å². The molecule has 0 saturated carbocycles. The van der Waals surface area contributed by atoms with E-state index in [4.69, 9.17) is 26.7 Å². The molecule has 2 N–H and O–H groups in total. The van der Waals surface area contributed by atoms with Crippen LogP contribution in [0.4, 0.5) is 5.82 Å². The highest BCUT2D eigenvalue weighted by Crippen LogP contribution is 2.36. The van der Waals surface area contributed by atoms with Gasteiger partial charge >= 0.3 is 0 Å². The number of oxazole rings is 1. The van der Waals surface area contributed by atoms with E-state index in [1.807, 2.05) is 55.7 Å². The Morgan fingerprint density at radius 3 is 2.55 bits per heavy atom. The van der Waals surface area contributed by atoms with E-state index in [1.54, 1.807) is 10.7 Å². The van der Waals surface area contributed by atoms with Crippen molar-refractivity contribution in [2.75, 3.05) is 5.73 Å². The number of anilines is 1. The van der Waals surface area contributed by atoms with Crippen LogP contribution < -0.4 is 5.73 Å². The van der Waals surface area contributed by atoms with Gasteiger partial charge in [-0.2, -0.15) is 5.10 Å². The second kappa shape index (κ2) is 6.72. The zero-order chi connectivity index (χ0) is 20.0. The number of rotatable bonds is 3. The van der Waals surface area contributed by atoms with Crippen molar-refractivity contribution in [3.63, 3.8) is 0 Å². The van der Waals surface area contributed by atoms with E-state index in [0.29, 0.717) is 44.7 Å². The second-order valence-corrected chi connectivity index (χ2v) is 6.96. The van der Waals surface area contributed by atoms with Crippen LogP contribution in [0.15, 0.2) is 65.5 Å². The molecule has 0 radical (unpaired) electrons. The Hall–Kier alpha value is -3.71. The van der Waals surface area contributed by atoms with Gasteiger partial charge in [0.25, 0.3) is 0 Å². The predicted octanol–water partition coefficient (Wildman–Crippen LogP) is 4.59. The minimum absolute atomic E-state index is 0.326. The summed E-state index contributed by atoms with van der Waals surface area (Å²) in [5.74, 6) is 0.326. The fourth-order valence-electron chi connectivity index (χ4n) is 3.24. The van der Waals surface area contributed by atoms with Crippen LogP contribution in [-0.4, -0.2) is 24.7 Å². The lowest BCUT2D eigenvalue weighted by Crippen LogP contribution is -2.03. The lowest BCUT2D eigenvalue weighted by Gasteiger charge is -2.12. The number of nitrogen functional groups attached to an aromatic ring is 1. The van der Waals surface area contributed by atoms with Crippen molar-refractivity contribution in [1.82, 2.24) is 24.7 Å². The first-order chi connectivity index (χ1) is 14.1. The molecule has 8 heteroatoms. The monoisotopic (exact) mass is 402 g/mol. The molecule has 142 valence electrons. The highest BCUT2D eigenvalue weighted by atomic mass is 35.5. The van der Waals surface area contributed by atoms with Crippen molar-refractivity contribution < 1.29 is 4.42 Å². The Morgan fingerprint density at radius 2 is 1.79 bits per heavy atom. The summed E-state index contributed by atoms with van der Waals surface area (Å²) in [6.45, 7) is 0. The number of nitrogens with zero attached hydrogens (tertiary/aromatic N) is 5. The van der Waals surface area contributed by atoms with Crippen molar-refractivity contribution in [3.05, 3.63) is 66.1 Å². The maximum absolute atomic E-state index is 6.43. The number of aromatic nitrogens is 5. The summed E-state index contributed by atoms with van der Waals surface area (Å²) in [6.07, 6.45) is 3.21. The molecule has 0 unspecified atom stereocenters. The molecule has 3 aromatic heterocycles. The highest BCUT2D eigenvalue weighted by Gasteiger charge is 2.20. The topological polar surface area (TPSA) is 95.7 Å². The molecule has 5 aromatic rings. The first-order valence-electron chi connectivity index (χ1n) is 8.86. The molecule has 0 saturated heterocycles. The van der Waals surface area contributed by atoms with Crippen LogP contribution in [0, 0.1) is 0 Å². The zero-order valence-electron chi connectivity index (χ0n) is 15.4. The SMILES string of the molecule is Cn1ccc(-c2nc(N)c(-c3ccccc3)nc2-c2cc(Cl)c3ncoc3c2)n1. The number of benzene rings is 2. The van der Waals surface area contributed by atoms with E-state index >= 15 is 0 Å². The van der Waals surface area contributed by atoms with E-state index in [1.165, 1.54) is 6.39 Å². The molecule has 0 spiro atoms. The summed E-state index contributed by atoms with van der Waals surface area (Å²) < 4.78 is 7.16. The van der Waals surface area contributed by atoms with E-state index in [2.05, 4.69) is 15.1 Å². The van der Waals surface area contributed by atoms with Crippen LogP contribution in [0.25, 0.3) is 45.0 Å². The van der Waals surface area contributed by atoms with Gasteiger partial charge in [0, 0.05) is 24.4 Å². The minimum Gasteiger partial charge on any atom is -0.443 e. The molecule has 0 aliphatic heterocycles. The average Bonchev–Trinajstić information content (AvgIpc) is 3.37. The summed E-state index contributed by atoms with van der Waals surface area (Å²) >= 11 is 6.43. The van der Waals surface area contributed by atoms with Gasteiger partial charge in [0.1, 0.15) is 22.6 Å². The molecular weight excluding hydrogens is 388 g/mol. The van der Waals surface area contributed by atoms with Crippen LogP contribution in [0.2, 0.25) is 5.02 Å². The van der Waals surface area contributed by atoms with Crippen LogP contribution in [-0.2, 0) is 7.05 Å². The predicted molar refractivity (Wildman–Crippen MR) is 112 cm³/mol. The van der Waals surface area contributed by atoms with Gasteiger partial charge in [-0.15, -0.1) is 0 Å². The van der Waals surface area contributed by atoms with Gasteiger partial charge in [-0.1, -0.05) is 41.9 Å². The van der Waals surface area contributed by atoms with Crippen LogP contribution >= 0.6 is 11.6 Å². The average molecular weight is 403 g/mol. The van der Waals surface area contributed by atoms with Gasteiger partial charge in [0.2, 0.25) is 0 Å². The first kappa shape index (κ1) is 17.4. The number of halogens is 1. The third kappa shape index (κ3) is 3.01. The molecule has 0 bridgehead atoms. The smallest absolute Gasteiger partial charge is 0.182 e. The van der Waals surface area contributed by atoms with Gasteiger partial charge in [-0.3, -0.25) is 4.68 Å². The summed E-state index contributed by atoms with van der Waals surface area (Å²) in [4.78, 5) is 13.7.